The Kier molecular flexibility index (Phi) is 4.37. The molecule has 1 fully saturated rings. The Morgan fingerprint density at radius 2 is 2.07 bits per heavy atom. The molecule has 4 heterocycles. The van der Waals surface area contributed by atoms with E-state index in [2.05, 4.69) is 26.1 Å². The second kappa shape index (κ2) is 7.16. The number of anilines is 1. The number of hydrogen-bond donors (Lipinski definition) is 0. The summed E-state index contributed by atoms with van der Waals surface area (Å²) >= 11 is 0. The SMILES string of the molecule is O=C(CN1CC(c2nc(-c3cccnc3)no2)C1)N1CCCc2ccccc21. The summed E-state index contributed by atoms with van der Waals surface area (Å²) in [5.41, 5.74) is 3.17. The van der Waals surface area contributed by atoms with Crippen molar-refractivity contribution in [2.75, 3.05) is 31.1 Å². The molecule has 1 aromatic carbocycles. The normalized spacial score (nSPS) is 17.2. The summed E-state index contributed by atoms with van der Waals surface area (Å²) in [6.45, 7) is 2.74. The number of fused-ring (bicyclic) bond motifs is 1. The van der Waals surface area contributed by atoms with Crippen LogP contribution in [0.15, 0.2) is 53.3 Å². The van der Waals surface area contributed by atoms with Crippen molar-refractivity contribution in [2.45, 2.75) is 18.8 Å². The van der Waals surface area contributed by atoms with E-state index in [1.165, 1.54) is 5.56 Å². The zero-order chi connectivity index (χ0) is 18.9. The number of aryl methyl sites for hydroxylation is 1. The second-order valence-corrected chi connectivity index (χ2v) is 7.37. The summed E-state index contributed by atoms with van der Waals surface area (Å²) in [6.07, 6.45) is 5.50. The number of pyridine rings is 1. The van der Waals surface area contributed by atoms with Gasteiger partial charge in [-0.25, -0.2) is 0 Å². The Balaban J connectivity index is 1.19. The van der Waals surface area contributed by atoms with Crippen LogP contribution in [0.25, 0.3) is 11.4 Å². The molecule has 0 N–H and O–H groups in total. The highest BCUT2D eigenvalue weighted by Gasteiger charge is 2.35. The van der Waals surface area contributed by atoms with E-state index < -0.39 is 0 Å². The third-order valence-electron chi connectivity index (χ3n) is 5.44. The summed E-state index contributed by atoms with van der Waals surface area (Å²) in [7, 11) is 0. The Bertz CT molecular complexity index is 981. The van der Waals surface area contributed by atoms with Crippen molar-refractivity contribution < 1.29 is 9.32 Å². The van der Waals surface area contributed by atoms with Crippen LogP contribution in [0.2, 0.25) is 0 Å². The highest BCUT2D eigenvalue weighted by atomic mass is 16.5. The molecule has 7 heteroatoms. The van der Waals surface area contributed by atoms with Crippen LogP contribution in [0.1, 0.15) is 23.8 Å². The van der Waals surface area contributed by atoms with Gasteiger partial charge in [0.15, 0.2) is 0 Å². The standard InChI is InChI=1S/C21H21N5O2/c27-19(26-10-4-7-15-5-1-2-8-18(15)26)14-25-12-17(13-25)21-23-20(24-28-21)16-6-3-9-22-11-16/h1-3,5-6,8-9,11,17H,4,7,10,12-14H2. The summed E-state index contributed by atoms with van der Waals surface area (Å²) in [6, 6.07) is 12.0. The molecular formula is C21H21N5O2. The maximum absolute atomic E-state index is 12.8. The lowest BCUT2D eigenvalue weighted by Gasteiger charge is -2.38. The molecule has 0 atom stereocenters. The van der Waals surface area contributed by atoms with Gasteiger partial charge in [-0.3, -0.25) is 14.7 Å². The van der Waals surface area contributed by atoms with E-state index in [9.17, 15) is 4.79 Å². The van der Waals surface area contributed by atoms with Gasteiger partial charge in [-0.05, 0) is 36.6 Å². The summed E-state index contributed by atoms with van der Waals surface area (Å²) in [4.78, 5) is 25.5. The van der Waals surface area contributed by atoms with Gasteiger partial charge in [0.1, 0.15) is 0 Å². The minimum Gasteiger partial charge on any atom is -0.339 e. The number of carbonyl (C=O) groups excluding carboxylic acids is 1. The number of likely N-dealkylation sites (tertiary alicyclic amines) is 1. The van der Waals surface area contributed by atoms with E-state index in [1.807, 2.05) is 35.2 Å². The van der Waals surface area contributed by atoms with Crippen molar-refractivity contribution in [3.05, 3.63) is 60.2 Å². The molecule has 7 nitrogen and oxygen atoms in total. The molecule has 2 aliphatic heterocycles. The van der Waals surface area contributed by atoms with Crippen molar-refractivity contribution in [3.63, 3.8) is 0 Å². The zero-order valence-electron chi connectivity index (χ0n) is 15.5. The summed E-state index contributed by atoms with van der Waals surface area (Å²) < 4.78 is 5.43. The maximum Gasteiger partial charge on any atom is 0.241 e. The molecule has 142 valence electrons. The molecule has 0 bridgehead atoms. The highest BCUT2D eigenvalue weighted by molar-refractivity contribution is 5.96. The number of hydrogen-bond acceptors (Lipinski definition) is 6. The Labute approximate surface area is 163 Å². The number of benzene rings is 1. The van der Waals surface area contributed by atoms with E-state index in [-0.39, 0.29) is 11.8 Å². The lowest BCUT2D eigenvalue weighted by molar-refractivity contribution is -0.121. The highest BCUT2D eigenvalue weighted by Crippen LogP contribution is 2.29. The predicted molar refractivity (Wildman–Crippen MR) is 104 cm³/mol. The van der Waals surface area contributed by atoms with Gasteiger partial charge in [-0.15, -0.1) is 0 Å². The molecule has 0 radical (unpaired) electrons. The molecule has 0 saturated carbocycles. The first-order chi connectivity index (χ1) is 13.8. The van der Waals surface area contributed by atoms with Gasteiger partial charge in [0, 0.05) is 43.3 Å². The van der Waals surface area contributed by atoms with Crippen LogP contribution in [0.4, 0.5) is 5.69 Å². The Hall–Kier alpha value is -3.06. The van der Waals surface area contributed by atoms with Crippen molar-refractivity contribution in [2.24, 2.45) is 0 Å². The minimum absolute atomic E-state index is 0.159. The predicted octanol–water partition coefficient (Wildman–Crippen LogP) is 2.51. The third kappa shape index (κ3) is 3.18. The fourth-order valence-corrected chi connectivity index (χ4v) is 3.94. The van der Waals surface area contributed by atoms with Crippen LogP contribution in [-0.2, 0) is 11.2 Å². The number of carbonyl (C=O) groups is 1. The third-order valence-corrected chi connectivity index (χ3v) is 5.44. The largest absolute Gasteiger partial charge is 0.339 e. The molecule has 2 aromatic heterocycles. The lowest BCUT2D eigenvalue weighted by atomic mass is 9.99. The van der Waals surface area contributed by atoms with Crippen LogP contribution >= 0.6 is 0 Å². The van der Waals surface area contributed by atoms with Gasteiger partial charge in [0.2, 0.25) is 17.6 Å². The molecular weight excluding hydrogens is 354 g/mol. The molecule has 2 aliphatic rings. The van der Waals surface area contributed by atoms with Gasteiger partial charge in [0.05, 0.1) is 12.5 Å². The van der Waals surface area contributed by atoms with Crippen LogP contribution in [-0.4, -0.2) is 52.1 Å². The van der Waals surface area contributed by atoms with Gasteiger partial charge in [-0.2, -0.15) is 4.98 Å². The monoisotopic (exact) mass is 375 g/mol. The van der Waals surface area contributed by atoms with Gasteiger partial charge < -0.3 is 9.42 Å². The fourth-order valence-electron chi connectivity index (χ4n) is 3.94. The van der Waals surface area contributed by atoms with Crippen LogP contribution in [0.3, 0.4) is 0 Å². The van der Waals surface area contributed by atoms with Crippen LogP contribution in [0, 0.1) is 0 Å². The Morgan fingerprint density at radius 3 is 2.93 bits per heavy atom. The molecule has 0 unspecified atom stereocenters. The zero-order valence-corrected chi connectivity index (χ0v) is 15.5. The first-order valence-electron chi connectivity index (χ1n) is 9.62. The van der Waals surface area contributed by atoms with E-state index in [0.717, 1.165) is 43.7 Å². The first-order valence-corrected chi connectivity index (χ1v) is 9.62. The van der Waals surface area contributed by atoms with Gasteiger partial charge in [-0.1, -0.05) is 23.4 Å². The molecule has 0 spiro atoms. The lowest BCUT2D eigenvalue weighted by Crippen LogP contribution is -2.51. The van der Waals surface area contributed by atoms with Crippen LogP contribution < -0.4 is 4.90 Å². The number of rotatable bonds is 4. The van der Waals surface area contributed by atoms with Crippen molar-refractivity contribution in [3.8, 4) is 11.4 Å². The van der Waals surface area contributed by atoms with Crippen molar-refractivity contribution >= 4 is 11.6 Å². The fraction of sp³-hybridized carbons (Fsp3) is 0.333. The van der Waals surface area contributed by atoms with E-state index in [1.54, 1.807) is 12.4 Å². The van der Waals surface area contributed by atoms with Crippen molar-refractivity contribution in [1.29, 1.82) is 0 Å². The molecule has 3 aromatic rings. The maximum atomic E-state index is 12.8. The number of nitrogens with zero attached hydrogens (tertiary/aromatic N) is 5. The van der Waals surface area contributed by atoms with Gasteiger partial charge >= 0.3 is 0 Å². The number of aromatic nitrogens is 3. The summed E-state index contributed by atoms with van der Waals surface area (Å²) in [5.74, 6) is 1.53. The Morgan fingerprint density at radius 1 is 1.18 bits per heavy atom. The molecule has 1 saturated heterocycles. The number of para-hydroxylation sites is 1. The van der Waals surface area contributed by atoms with E-state index in [0.29, 0.717) is 18.3 Å². The van der Waals surface area contributed by atoms with E-state index in [4.69, 9.17) is 4.52 Å². The topological polar surface area (TPSA) is 75.4 Å². The van der Waals surface area contributed by atoms with Crippen molar-refractivity contribution in [1.82, 2.24) is 20.0 Å². The average molecular weight is 375 g/mol. The molecule has 1 amide bonds. The minimum atomic E-state index is 0.159. The molecule has 0 aliphatic carbocycles. The number of amides is 1. The quantitative estimate of drug-likeness (QED) is 0.697. The molecule has 5 rings (SSSR count). The first kappa shape index (κ1) is 17.1. The van der Waals surface area contributed by atoms with Crippen LogP contribution in [0.5, 0.6) is 0 Å². The smallest absolute Gasteiger partial charge is 0.241 e. The summed E-state index contributed by atoms with van der Waals surface area (Å²) in [5, 5.41) is 4.05. The van der Waals surface area contributed by atoms with Gasteiger partial charge in [0.25, 0.3) is 0 Å². The molecule has 28 heavy (non-hydrogen) atoms. The van der Waals surface area contributed by atoms with E-state index >= 15 is 0 Å². The average Bonchev–Trinajstić information content (AvgIpc) is 3.20. The second-order valence-electron chi connectivity index (χ2n) is 7.37.